The third-order valence-electron chi connectivity index (χ3n) is 3.34. The van der Waals surface area contributed by atoms with Crippen molar-refractivity contribution in [1.82, 2.24) is 10.2 Å². The summed E-state index contributed by atoms with van der Waals surface area (Å²) in [6.07, 6.45) is 2.27. The first-order chi connectivity index (χ1) is 8.93. The third-order valence-corrected chi connectivity index (χ3v) is 3.34. The lowest BCUT2D eigenvalue weighted by Gasteiger charge is -2.23. The molecule has 0 radical (unpaired) electrons. The van der Waals surface area contributed by atoms with Crippen molar-refractivity contribution in [2.45, 2.75) is 38.6 Å². The molecule has 0 aromatic rings. The van der Waals surface area contributed by atoms with Crippen LogP contribution >= 0.6 is 0 Å². The summed E-state index contributed by atoms with van der Waals surface area (Å²) >= 11 is 0. The topological polar surface area (TPSA) is 113 Å². The van der Waals surface area contributed by atoms with E-state index in [-0.39, 0.29) is 17.9 Å². The Bertz CT molecular complexity index is 359. The van der Waals surface area contributed by atoms with Crippen LogP contribution in [0.1, 0.15) is 32.6 Å². The number of nitrogens with two attached hydrogens (primary N) is 1. The number of hydrogen-bond acceptors (Lipinski definition) is 3. The van der Waals surface area contributed by atoms with Crippen molar-refractivity contribution in [2.24, 2.45) is 11.7 Å². The van der Waals surface area contributed by atoms with E-state index in [0.29, 0.717) is 38.8 Å². The molecule has 0 aliphatic carbocycles. The van der Waals surface area contributed by atoms with Crippen molar-refractivity contribution in [1.29, 1.82) is 0 Å². The molecule has 1 aliphatic heterocycles. The molecule has 2 unspecified atom stereocenters. The van der Waals surface area contributed by atoms with E-state index in [1.54, 1.807) is 0 Å². The highest BCUT2D eigenvalue weighted by Gasteiger charge is 2.39. The molecule has 108 valence electrons. The van der Waals surface area contributed by atoms with Gasteiger partial charge in [-0.2, -0.15) is 0 Å². The van der Waals surface area contributed by atoms with Gasteiger partial charge in [-0.05, 0) is 25.2 Å². The maximum Gasteiger partial charge on any atom is 0.326 e. The smallest absolute Gasteiger partial charge is 0.326 e. The maximum absolute atomic E-state index is 11.9. The number of urea groups is 1. The van der Waals surface area contributed by atoms with Crippen molar-refractivity contribution in [3.8, 4) is 0 Å². The van der Waals surface area contributed by atoms with E-state index in [0.717, 1.165) is 0 Å². The molecule has 1 saturated heterocycles. The molecule has 1 rings (SSSR count). The highest BCUT2D eigenvalue weighted by Crippen LogP contribution is 2.23. The Kier molecular flexibility index (Phi) is 5.59. The van der Waals surface area contributed by atoms with Gasteiger partial charge in [-0.3, -0.25) is 4.79 Å². The normalized spacial score (nSPS) is 22.3. The summed E-state index contributed by atoms with van der Waals surface area (Å²) in [5.41, 5.74) is 5.00. The summed E-state index contributed by atoms with van der Waals surface area (Å²) in [7, 11) is 0. The number of primary amides is 1. The van der Waals surface area contributed by atoms with Crippen LogP contribution in [-0.4, -0.2) is 47.0 Å². The number of hydrogen-bond donors (Lipinski definition) is 3. The van der Waals surface area contributed by atoms with Gasteiger partial charge in [0.15, 0.2) is 0 Å². The van der Waals surface area contributed by atoms with Crippen LogP contribution < -0.4 is 11.1 Å². The molecule has 2 atom stereocenters. The minimum absolute atomic E-state index is 0.0295. The number of nitrogens with one attached hydrogen (secondary N) is 1. The highest BCUT2D eigenvalue weighted by atomic mass is 16.4. The molecule has 19 heavy (non-hydrogen) atoms. The fourth-order valence-corrected chi connectivity index (χ4v) is 2.27. The number of unbranched alkanes of at least 4 members (excludes halogenated alkanes) is 1. The van der Waals surface area contributed by atoms with Gasteiger partial charge < -0.3 is 21.1 Å². The second-order valence-corrected chi connectivity index (χ2v) is 4.90. The van der Waals surface area contributed by atoms with Gasteiger partial charge in [0.1, 0.15) is 6.04 Å². The molecule has 0 saturated carbocycles. The van der Waals surface area contributed by atoms with Crippen LogP contribution in [0.25, 0.3) is 0 Å². The van der Waals surface area contributed by atoms with Crippen molar-refractivity contribution < 1.29 is 19.5 Å². The zero-order valence-electron chi connectivity index (χ0n) is 11.1. The van der Waals surface area contributed by atoms with E-state index in [4.69, 9.17) is 10.8 Å². The molecule has 1 aliphatic rings. The second-order valence-electron chi connectivity index (χ2n) is 4.90. The number of amides is 3. The first kappa shape index (κ1) is 15.3. The van der Waals surface area contributed by atoms with Crippen LogP contribution in [0.3, 0.4) is 0 Å². The van der Waals surface area contributed by atoms with Gasteiger partial charge in [-0.25, -0.2) is 9.59 Å². The SMILES string of the molecule is CC1CCN(C(=O)NCCCCC(N)=O)C1C(=O)O. The Balaban J connectivity index is 2.33. The Morgan fingerprint density at radius 1 is 1.37 bits per heavy atom. The number of carboxylic acid groups (broad SMARTS) is 1. The van der Waals surface area contributed by atoms with E-state index in [1.807, 2.05) is 6.92 Å². The molecule has 7 heteroatoms. The molecule has 0 bridgehead atoms. The average molecular weight is 271 g/mol. The quantitative estimate of drug-likeness (QED) is 0.596. The number of carbonyl (C=O) groups excluding carboxylic acids is 2. The number of carbonyl (C=O) groups is 3. The van der Waals surface area contributed by atoms with E-state index in [1.165, 1.54) is 4.90 Å². The molecular formula is C12H21N3O4. The second kappa shape index (κ2) is 6.96. The molecule has 4 N–H and O–H groups in total. The zero-order chi connectivity index (χ0) is 14.4. The van der Waals surface area contributed by atoms with Crippen molar-refractivity contribution in [2.75, 3.05) is 13.1 Å². The maximum atomic E-state index is 11.9. The number of nitrogens with zero attached hydrogens (tertiary/aromatic N) is 1. The number of rotatable bonds is 6. The first-order valence-electron chi connectivity index (χ1n) is 6.49. The van der Waals surface area contributed by atoms with Gasteiger partial charge in [0.05, 0.1) is 0 Å². The average Bonchev–Trinajstić information content (AvgIpc) is 2.70. The number of aliphatic carboxylic acids is 1. The monoisotopic (exact) mass is 271 g/mol. The van der Waals surface area contributed by atoms with Crippen LogP contribution in [0.5, 0.6) is 0 Å². The van der Waals surface area contributed by atoms with Crippen LogP contribution in [0, 0.1) is 5.92 Å². The number of likely N-dealkylation sites (tertiary alicyclic amines) is 1. The fraction of sp³-hybridized carbons (Fsp3) is 0.750. The minimum atomic E-state index is -0.964. The summed E-state index contributed by atoms with van der Waals surface area (Å²) < 4.78 is 0. The molecule has 3 amide bonds. The van der Waals surface area contributed by atoms with E-state index < -0.39 is 12.0 Å². The highest BCUT2D eigenvalue weighted by molar-refractivity contribution is 5.83. The number of carboxylic acids is 1. The van der Waals surface area contributed by atoms with Crippen LogP contribution in [0.4, 0.5) is 4.79 Å². The summed E-state index contributed by atoms with van der Waals surface area (Å²) in [6, 6.07) is -1.10. The van der Waals surface area contributed by atoms with Gasteiger partial charge >= 0.3 is 12.0 Å². The van der Waals surface area contributed by atoms with Gasteiger partial charge in [-0.15, -0.1) is 0 Å². The fourth-order valence-electron chi connectivity index (χ4n) is 2.27. The first-order valence-corrected chi connectivity index (χ1v) is 6.49. The summed E-state index contributed by atoms with van der Waals surface area (Å²) in [6.45, 7) is 2.72. The third kappa shape index (κ3) is 4.42. The van der Waals surface area contributed by atoms with E-state index in [2.05, 4.69) is 5.32 Å². The Hall–Kier alpha value is -1.79. The molecule has 1 fully saturated rings. The standard InChI is InChI=1S/C12H21N3O4/c1-8-5-7-15(10(8)11(17)18)12(19)14-6-3-2-4-9(13)16/h8,10H,2-7H2,1H3,(H2,13,16)(H,14,19)(H,17,18). The van der Waals surface area contributed by atoms with Crippen molar-refractivity contribution >= 4 is 17.9 Å². The van der Waals surface area contributed by atoms with E-state index >= 15 is 0 Å². The molecule has 0 spiro atoms. The molecule has 0 aromatic heterocycles. The molecule has 0 aromatic carbocycles. The van der Waals surface area contributed by atoms with Gasteiger partial charge in [0, 0.05) is 19.5 Å². The Morgan fingerprint density at radius 2 is 2.05 bits per heavy atom. The Morgan fingerprint density at radius 3 is 2.63 bits per heavy atom. The lowest BCUT2D eigenvalue weighted by Crippen LogP contribution is -2.47. The van der Waals surface area contributed by atoms with Crippen LogP contribution in [0.2, 0.25) is 0 Å². The lowest BCUT2D eigenvalue weighted by atomic mass is 10.0. The Labute approximate surface area is 112 Å². The predicted octanol–water partition coefficient (Wildman–Crippen LogP) is 0.147. The van der Waals surface area contributed by atoms with Crippen LogP contribution in [-0.2, 0) is 9.59 Å². The van der Waals surface area contributed by atoms with Crippen molar-refractivity contribution in [3.05, 3.63) is 0 Å². The molecule has 1 heterocycles. The predicted molar refractivity (Wildman–Crippen MR) is 68.4 cm³/mol. The van der Waals surface area contributed by atoms with Crippen molar-refractivity contribution in [3.63, 3.8) is 0 Å². The summed E-state index contributed by atoms with van der Waals surface area (Å²) in [5.74, 6) is -1.35. The van der Waals surface area contributed by atoms with Crippen LogP contribution in [0.15, 0.2) is 0 Å². The van der Waals surface area contributed by atoms with E-state index in [9.17, 15) is 14.4 Å². The zero-order valence-corrected chi connectivity index (χ0v) is 11.1. The molecule has 7 nitrogen and oxygen atoms in total. The van der Waals surface area contributed by atoms with Gasteiger partial charge in [-0.1, -0.05) is 6.92 Å². The largest absolute Gasteiger partial charge is 0.480 e. The minimum Gasteiger partial charge on any atom is -0.480 e. The molecular weight excluding hydrogens is 250 g/mol. The summed E-state index contributed by atoms with van der Waals surface area (Å²) in [4.78, 5) is 34.9. The van der Waals surface area contributed by atoms with Gasteiger partial charge in [0.2, 0.25) is 5.91 Å². The van der Waals surface area contributed by atoms with Gasteiger partial charge in [0.25, 0.3) is 0 Å². The lowest BCUT2D eigenvalue weighted by molar-refractivity contribution is -0.142. The summed E-state index contributed by atoms with van der Waals surface area (Å²) in [5, 5.41) is 11.8.